The molecule has 3 nitrogen and oxygen atoms in total. The van der Waals surface area contributed by atoms with E-state index in [-0.39, 0.29) is 12.5 Å². The van der Waals surface area contributed by atoms with Gasteiger partial charge in [0.25, 0.3) is 0 Å². The molecule has 100 valence electrons. The van der Waals surface area contributed by atoms with Crippen molar-refractivity contribution < 1.29 is 9.90 Å². The number of hydrogen-bond acceptors (Lipinski definition) is 2. The van der Waals surface area contributed by atoms with Gasteiger partial charge in [0, 0.05) is 12.0 Å². The summed E-state index contributed by atoms with van der Waals surface area (Å²) in [7, 11) is 0. The second-order valence-electron chi connectivity index (χ2n) is 5.84. The third kappa shape index (κ3) is 3.84. The van der Waals surface area contributed by atoms with E-state index in [2.05, 4.69) is 5.32 Å². The van der Waals surface area contributed by atoms with E-state index in [1.54, 1.807) is 0 Å². The van der Waals surface area contributed by atoms with Gasteiger partial charge >= 0.3 is 0 Å². The molecule has 2 N–H and O–H groups in total. The molecule has 1 rings (SSSR count). The van der Waals surface area contributed by atoms with Gasteiger partial charge in [-0.3, -0.25) is 4.79 Å². The van der Waals surface area contributed by atoms with Crippen LogP contribution in [0.4, 0.5) is 0 Å². The van der Waals surface area contributed by atoms with Crippen LogP contribution in [-0.4, -0.2) is 17.6 Å². The van der Waals surface area contributed by atoms with Crippen LogP contribution in [0.25, 0.3) is 0 Å². The first-order chi connectivity index (χ1) is 8.21. The molecule has 0 aliphatic heterocycles. The number of carbonyl (C=O) groups is 1. The average molecular weight is 249 g/mol. The van der Waals surface area contributed by atoms with Crippen LogP contribution < -0.4 is 5.32 Å². The summed E-state index contributed by atoms with van der Waals surface area (Å²) >= 11 is 0. The Balaban J connectivity index is 2.66. The number of amides is 1. The fourth-order valence-electron chi connectivity index (χ4n) is 1.76. The Bertz CT molecular complexity index is 433. The lowest BCUT2D eigenvalue weighted by Gasteiger charge is -2.20. The molecule has 0 radical (unpaired) electrons. The third-order valence-corrected chi connectivity index (χ3v) is 2.92. The molecule has 18 heavy (non-hydrogen) atoms. The predicted molar refractivity (Wildman–Crippen MR) is 73.3 cm³/mol. The summed E-state index contributed by atoms with van der Waals surface area (Å²) in [6, 6.07) is 5.92. The zero-order valence-corrected chi connectivity index (χ0v) is 11.9. The van der Waals surface area contributed by atoms with Gasteiger partial charge in [-0.05, 0) is 25.0 Å². The number of hydrogen-bond donors (Lipinski definition) is 2. The summed E-state index contributed by atoms with van der Waals surface area (Å²) in [4.78, 5) is 11.7. The SMILES string of the molecule is Cc1ccc(C(O)CNC(=O)C(C)(C)C)c(C)c1. The first-order valence-corrected chi connectivity index (χ1v) is 6.25. The molecule has 0 aliphatic carbocycles. The Hall–Kier alpha value is -1.35. The number of benzene rings is 1. The van der Waals surface area contributed by atoms with Gasteiger partial charge in [-0.25, -0.2) is 0 Å². The van der Waals surface area contributed by atoms with Crippen molar-refractivity contribution in [2.24, 2.45) is 5.41 Å². The van der Waals surface area contributed by atoms with Crippen LogP contribution in [0.5, 0.6) is 0 Å². The third-order valence-electron chi connectivity index (χ3n) is 2.92. The predicted octanol–water partition coefficient (Wildman–Crippen LogP) is 2.50. The van der Waals surface area contributed by atoms with Gasteiger partial charge in [0.1, 0.15) is 0 Å². The molecule has 3 heteroatoms. The molecule has 1 unspecified atom stereocenters. The minimum absolute atomic E-state index is 0.0497. The monoisotopic (exact) mass is 249 g/mol. The number of rotatable bonds is 3. The van der Waals surface area contributed by atoms with E-state index in [0.717, 1.165) is 11.1 Å². The Kier molecular flexibility index (Phi) is 4.52. The van der Waals surface area contributed by atoms with E-state index < -0.39 is 11.5 Å². The van der Waals surface area contributed by atoms with Gasteiger partial charge in [0.2, 0.25) is 5.91 Å². The van der Waals surface area contributed by atoms with E-state index in [0.29, 0.717) is 0 Å². The quantitative estimate of drug-likeness (QED) is 0.864. The molecule has 0 fully saturated rings. The zero-order chi connectivity index (χ0) is 13.9. The minimum Gasteiger partial charge on any atom is -0.387 e. The number of aliphatic hydroxyl groups is 1. The molecule has 0 saturated heterocycles. The highest BCUT2D eigenvalue weighted by Gasteiger charge is 2.22. The molecule has 0 spiro atoms. The lowest BCUT2D eigenvalue weighted by atomic mass is 9.95. The van der Waals surface area contributed by atoms with Gasteiger partial charge in [-0.2, -0.15) is 0 Å². The Labute approximate surface area is 109 Å². The maximum Gasteiger partial charge on any atom is 0.225 e. The normalized spacial score (nSPS) is 13.2. The highest BCUT2D eigenvalue weighted by molar-refractivity contribution is 5.81. The maximum absolute atomic E-state index is 11.7. The standard InChI is InChI=1S/C15H23NO2/c1-10-6-7-12(11(2)8-10)13(17)9-16-14(18)15(3,4)5/h6-8,13,17H,9H2,1-5H3,(H,16,18). The largest absolute Gasteiger partial charge is 0.387 e. The Morgan fingerprint density at radius 2 is 1.94 bits per heavy atom. The molecule has 1 amide bonds. The van der Waals surface area contributed by atoms with E-state index in [1.807, 2.05) is 52.8 Å². The molecule has 0 saturated carbocycles. The smallest absolute Gasteiger partial charge is 0.225 e. The number of nitrogens with one attached hydrogen (secondary N) is 1. The maximum atomic E-state index is 11.7. The number of aryl methyl sites for hydroxylation is 2. The van der Waals surface area contributed by atoms with Crippen molar-refractivity contribution in [1.29, 1.82) is 0 Å². The van der Waals surface area contributed by atoms with Gasteiger partial charge in [-0.15, -0.1) is 0 Å². The Morgan fingerprint density at radius 3 is 2.44 bits per heavy atom. The van der Waals surface area contributed by atoms with Crippen molar-refractivity contribution in [3.8, 4) is 0 Å². The summed E-state index contributed by atoms with van der Waals surface area (Å²) in [5.41, 5.74) is 2.66. The first kappa shape index (κ1) is 14.7. The summed E-state index contributed by atoms with van der Waals surface area (Å²) in [5.74, 6) is -0.0497. The second-order valence-corrected chi connectivity index (χ2v) is 5.84. The van der Waals surface area contributed by atoms with Gasteiger partial charge < -0.3 is 10.4 Å². The van der Waals surface area contributed by atoms with E-state index in [9.17, 15) is 9.90 Å². The van der Waals surface area contributed by atoms with Crippen LogP contribution in [0, 0.1) is 19.3 Å². The minimum atomic E-state index is -0.656. The van der Waals surface area contributed by atoms with Gasteiger partial charge in [0.15, 0.2) is 0 Å². The summed E-state index contributed by atoms with van der Waals surface area (Å²) in [6.07, 6.45) is -0.656. The van der Waals surface area contributed by atoms with Crippen molar-refractivity contribution in [2.45, 2.75) is 40.7 Å². The van der Waals surface area contributed by atoms with Crippen molar-refractivity contribution in [3.05, 3.63) is 34.9 Å². The summed E-state index contributed by atoms with van der Waals surface area (Å²) in [5, 5.41) is 12.9. The molecule has 1 atom stereocenters. The van der Waals surface area contributed by atoms with Crippen LogP contribution >= 0.6 is 0 Å². The molecule has 1 aromatic rings. The summed E-state index contributed by atoms with van der Waals surface area (Å²) < 4.78 is 0. The van der Waals surface area contributed by atoms with Crippen LogP contribution in [0.15, 0.2) is 18.2 Å². The average Bonchev–Trinajstić information content (AvgIpc) is 2.24. The molecule has 0 bridgehead atoms. The van der Waals surface area contributed by atoms with Gasteiger partial charge in [0.05, 0.1) is 6.10 Å². The number of carbonyl (C=O) groups excluding carboxylic acids is 1. The van der Waals surface area contributed by atoms with Crippen molar-refractivity contribution in [3.63, 3.8) is 0 Å². The fourth-order valence-corrected chi connectivity index (χ4v) is 1.76. The van der Waals surface area contributed by atoms with Crippen LogP contribution in [0.3, 0.4) is 0 Å². The highest BCUT2D eigenvalue weighted by Crippen LogP contribution is 2.19. The molecular weight excluding hydrogens is 226 g/mol. The van der Waals surface area contributed by atoms with Crippen molar-refractivity contribution >= 4 is 5.91 Å². The lowest BCUT2D eigenvalue weighted by molar-refractivity contribution is -0.129. The fraction of sp³-hybridized carbons (Fsp3) is 0.533. The lowest BCUT2D eigenvalue weighted by Crippen LogP contribution is -2.37. The molecule has 0 aliphatic rings. The van der Waals surface area contributed by atoms with Crippen LogP contribution in [0.2, 0.25) is 0 Å². The van der Waals surface area contributed by atoms with Crippen LogP contribution in [0.1, 0.15) is 43.6 Å². The summed E-state index contributed by atoms with van der Waals surface area (Å²) in [6.45, 7) is 9.80. The van der Waals surface area contributed by atoms with Crippen molar-refractivity contribution in [1.82, 2.24) is 5.32 Å². The molecule has 0 aromatic heterocycles. The number of aliphatic hydroxyl groups excluding tert-OH is 1. The Morgan fingerprint density at radius 1 is 1.33 bits per heavy atom. The molecule has 1 aromatic carbocycles. The zero-order valence-electron chi connectivity index (χ0n) is 11.9. The molecule has 0 heterocycles. The van der Waals surface area contributed by atoms with E-state index >= 15 is 0 Å². The van der Waals surface area contributed by atoms with E-state index in [4.69, 9.17) is 0 Å². The van der Waals surface area contributed by atoms with Crippen LogP contribution in [-0.2, 0) is 4.79 Å². The highest BCUT2D eigenvalue weighted by atomic mass is 16.3. The molecular formula is C15H23NO2. The van der Waals surface area contributed by atoms with E-state index in [1.165, 1.54) is 5.56 Å². The first-order valence-electron chi connectivity index (χ1n) is 6.25. The van der Waals surface area contributed by atoms with Crippen molar-refractivity contribution in [2.75, 3.05) is 6.54 Å². The second kappa shape index (κ2) is 5.53. The topological polar surface area (TPSA) is 49.3 Å². The van der Waals surface area contributed by atoms with Gasteiger partial charge in [-0.1, -0.05) is 44.5 Å².